The van der Waals surface area contributed by atoms with Gasteiger partial charge in [0.2, 0.25) is 5.91 Å². The first kappa shape index (κ1) is 17.9. The Morgan fingerprint density at radius 3 is 2.14 bits per heavy atom. The van der Waals surface area contributed by atoms with Crippen molar-refractivity contribution in [3.05, 3.63) is 0 Å². The zero-order valence-corrected chi connectivity index (χ0v) is 13.8. The first-order chi connectivity index (χ1) is 9.64. The van der Waals surface area contributed by atoms with Crippen LogP contribution in [0.25, 0.3) is 0 Å². The van der Waals surface area contributed by atoms with Crippen molar-refractivity contribution in [2.24, 2.45) is 5.92 Å². The molecule has 1 fully saturated rings. The number of amides is 1. The third-order valence-electron chi connectivity index (χ3n) is 4.16. The molecule has 6 heteroatoms. The van der Waals surface area contributed by atoms with Crippen LogP contribution in [0, 0.1) is 5.92 Å². The van der Waals surface area contributed by atoms with Gasteiger partial charge in [0.1, 0.15) is 6.04 Å². The Balaban J connectivity index is 2.68. The summed E-state index contributed by atoms with van der Waals surface area (Å²) in [5.41, 5.74) is -0.689. The largest absolute Gasteiger partial charge is 0.480 e. The van der Waals surface area contributed by atoms with E-state index in [0.29, 0.717) is 6.42 Å². The molecule has 0 aromatic heterocycles. The molecule has 2 N–H and O–H groups in total. The standard InChI is InChI=1S/C15H29N3O3/c1-11(2)10-12(13(19)20)16-14(21)15(3,4)18-8-6-17(5)7-9-18/h11-12H,6-10H2,1-5H3,(H,16,21)(H,19,20). The zero-order chi connectivity index (χ0) is 16.2. The Bertz CT molecular complexity index is 374. The number of nitrogens with zero attached hydrogens (tertiary/aromatic N) is 2. The number of carbonyl (C=O) groups is 2. The maximum Gasteiger partial charge on any atom is 0.326 e. The molecule has 0 aromatic rings. The number of likely N-dealkylation sites (N-methyl/N-ethyl adjacent to an activating group) is 1. The molecule has 1 atom stereocenters. The van der Waals surface area contributed by atoms with Gasteiger partial charge >= 0.3 is 5.97 Å². The molecule has 0 radical (unpaired) electrons. The molecule has 0 saturated carbocycles. The smallest absolute Gasteiger partial charge is 0.326 e. The van der Waals surface area contributed by atoms with E-state index in [1.807, 2.05) is 27.7 Å². The van der Waals surface area contributed by atoms with Crippen LogP contribution >= 0.6 is 0 Å². The van der Waals surface area contributed by atoms with Crippen molar-refractivity contribution in [1.82, 2.24) is 15.1 Å². The minimum Gasteiger partial charge on any atom is -0.480 e. The van der Waals surface area contributed by atoms with Crippen LogP contribution in [0.2, 0.25) is 0 Å². The van der Waals surface area contributed by atoms with Gasteiger partial charge in [0.15, 0.2) is 0 Å². The van der Waals surface area contributed by atoms with E-state index in [9.17, 15) is 14.7 Å². The van der Waals surface area contributed by atoms with Gasteiger partial charge in [-0.15, -0.1) is 0 Å². The lowest BCUT2D eigenvalue weighted by molar-refractivity contribution is -0.144. The van der Waals surface area contributed by atoms with E-state index < -0.39 is 17.6 Å². The van der Waals surface area contributed by atoms with Crippen LogP contribution in [-0.2, 0) is 9.59 Å². The minimum atomic E-state index is -0.966. The Morgan fingerprint density at radius 2 is 1.71 bits per heavy atom. The van der Waals surface area contributed by atoms with Crippen molar-refractivity contribution in [3.8, 4) is 0 Å². The van der Waals surface area contributed by atoms with Gasteiger partial charge in [-0.2, -0.15) is 0 Å². The number of aliphatic carboxylic acids is 1. The minimum absolute atomic E-state index is 0.208. The summed E-state index contributed by atoms with van der Waals surface area (Å²) in [5.74, 6) is -0.954. The lowest BCUT2D eigenvalue weighted by Crippen LogP contribution is -2.61. The van der Waals surface area contributed by atoms with Crippen LogP contribution in [0.3, 0.4) is 0 Å². The molecule has 1 unspecified atom stereocenters. The Kier molecular flexibility index (Phi) is 6.16. The van der Waals surface area contributed by atoms with Gasteiger partial charge in [-0.3, -0.25) is 9.69 Å². The van der Waals surface area contributed by atoms with Gasteiger partial charge in [0.05, 0.1) is 5.54 Å². The lowest BCUT2D eigenvalue weighted by atomic mass is 9.98. The molecule has 0 aliphatic carbocycles. The summed E-state index contributed by atoms with van der Waals surface area (Å²) in [6.07, 6.45) is 0.444. The van der Waals surface area contributed by atoms with Gasteiger partial charge in [-0.05, 0) is 33.2 Å². The summed E-state index contributed by atoms with van der Waals surface area (Å²) in [7, 11) is 2.06. The predicted octanol–water partition coefficient (Wildman–Crippen LogP) is 0.628. The van der Waals surface area contributed by atoms with E-state index in [4.69, 9.17) is 0 Å². The van der Waals surface area contributed by atoms with E-state index in [-0.39, 0.29) is 11.8 Å². The van der Waals surface area contributed by atoms with Crippen LogP contribution in [0.15, 0.2) is 0 Å². The highest BCUT2D eigenvalue weighted by molar-refractivity contribution is 5.89. The number of hydrogen-bond acceptors (Lipinski definition) is 4. The van der Waals surface area contributed by atoms with Gasteiger partial charge < -0.3 is 15.3 Å². The van der Waals surface area contributed by atoms with Gasteiger partial charge in [-0.1, -0.05) is 13.8 Å². The summed E-state index contributed by atoms with van der Waals surface area (Å²) in [4.78, 5) is 28.1. The highest BCUT2D eigenvalue weighted by Gasteiger charge is 2.37. The fraction of sp³-hybridized carbons (Fsp3) is 0.867. The normalized spacial score (nSPS) is 19.5. The molecule has 0 bridgehead atoms. The first-order valence-electron chi connectivity index (χ1n) is 7.62. The van der Waals surface area contributed by atoms with Crippen LogP contribution in [0.4, 0.5) is 0 Å². The highest BCUT2D eigenvalue weighted by atomic mass is 16.4. The van der Waals surface area contributed by atoms with Crippen molar-refractivity contribution in [2.75, 3.05) is 33.2 Å². The number of nitrogens with one attached hydrogen (secondary N) is 1. The van der Waals surface area contributed by atoms with E-state index >= 15 is 0 Å². The SMILES string of the molecule is CC(C)CC(NC(=O)C(C)(C)N1CCN(C)CC1)C(=O)O. The molecule has 1 rings (SSSR count). The molecule has 0 spiro atoms. The average Bonchev–Trinajstić information content (AvgIpc) is 2.37. The highest BCUT2D eigenvalue weighted by Crippen LogP contribution is 2.18. The fourth-order valence-corrected chi connectivity index (χ4v) is 2.54. The lowest BCUT2D eigenvalue weighted by Gasteiger charge is -2.42. The number of hydrogen-bond donors (Lipinski definition) is 2. The molecule has 1 aliphatic rings. The summed E-state index contributed by atoms with van der Waals surface area (Å²) < 4.78 is 0. The molecule has 21 heavy (non-hydrogen) atoms. The third kappa shape index (κ3) is 4.97. The summed E-state index contributed by atoms with van der Waals surface area (Å²) in [6.45, 7) is 11.1. The number of rotatable bonds is 6. The molecular weight excluding hydrogens is 270 g/mol. The van der Waals surface area contributed by atoms with E-state index in [2.05, 4.69) is 22.2 Å². The molecule has 6 nitrogen and oxygen atoms in total. The van der Waals surface area contributed by atoms with Crippen molar-refractivity contribution in [2.45, 2.75) is 45.7 Å². The van der Waals surface area contributed by atoms with Crippen molar-refractivity contribution >= 4 is 11.9 Å². The van der Waals surface area contributed by atoms with Crippen LogP contribution in [-0.4, -0.2) is 71.6 Å². The van der Waals surface area contributed by atoms with E-state index in [0.717, 1.165) is 26.2 Å². The average molecular weight is 299 g/mol. The fourth-order valence-electron chi connectivity index (χ4n) is 2.54. The summed E-state index contributed by atoms with van der Waals surface area (Å²) >= 11 is 0. The molecule has 122 valence electrons. The maximum absolute atomic E-state index is 12.5. The van der Waals surface area contributed by atoms with Gasteiger partial charge in [0, 0.05) is 26.2 Å². The van der Waals surface area contributed by atoms with Crippen molar-refractivity contribution < 1.29 is 14.7 Å². The molecular formula is C15H29N3O3. The van der Waals surface area contributed by atoms with Crippen molar-refractivity contribution in [1.29, 1.82) is 0 Å². The van der Waals surface area contributed by atoms with Crippen LogP contribution in [0.5, 0.6) is 0 Å². The Morgan fingerprint density at radius 1 is 1.19 bits per heavy atom. The first-order valence-corrected chi connectivity index (χ1v) is 7.62. The summed E-state index contributed by atoms with van der Waals surface area (Å²) in [5, 5.41) is 11.9. The number of carboxylic acids is 1. The van der Waals surface area contributed by atoms with Crippen LogP contribution < -0.4 is 5.32 Å². The second-order valence-corrected chi connectivity index (χ2v) is 6.84. The number of piperazine rings is 1. The Hall–Kier alpha value is -1.14. The molecule has 1 heterocycles. The van der Waals surface area contributed by atoms with Gasteiger partial charge in [-0.25, -0.2) is 4.79 Å². The molecule has 1 amide bonds. The number of carbonyl (C=O) groups excluding carboxylic acids is 1. The third-order valence-corrected chi connectivity index (χ3v) is 4.16. The second-order valence-electron chi connectivity index (χ2n) is 6.84. The van der Waals surface area contributed by atoms with E-state index in [1.54, 1.807) is 0 Å². The predicted molar refractivity (Wildman–Crippen MR) is 82.2 cm³/mol. The molecule has 0 aromatic carbocycles. The van der Waals surface area contributed by atoms with Crippen molar-refractivity contribution in [3.63, 3.8) is 0 Å². The van der Waals surface area contributed by atoms with Crippen LogP contribution in [0.1, 0.15) is 34.1 Å². The second kappa shape index (κ2) is 7.22. The quantitative estimate of drug-likeness (QED) is 0.752. The summed E-state index contributed by atoms with van der Waals surface area (Å²) in [6, 6.07) is -0.816. The van der Waals surface area contributed by atoms with E-state index in [1.165, 1.54) is 0 Å². The number of carboxylic acid groups (broad SMARTS) is 1. The molecule has 1 saturated heterocycles. The Labute approximate surface area is 127 Å². The maximum atomic E-state index is 12.5. The van der Waals surface area contributed by atoms with Gasteiger partial charge in [0.25, 0.3) is 0 Å². The monoisotopic (exact) mass is 299 g/mol. The zero-order valence-electron chi connectivity index (χ0n) is 13.8. The topological polar surface area (TPSA) is 72.9 Å². The molecule has 1 aliphatic heterocycles.